The number of amides is 1. The first-order valence-corrected chi connectivity index (χ1v) is 15.4. The normalized spacial score (nSPS) is 12.9. The number of halogens is 1. The maximum absolute atomic E-state index is 14.5. The van der Waals surface area contributed by atoms with E-state index in [1.54, 1.807) is 30.6 Å². The number of nitrogens with zero attached hydrogens (tertiary/aromatic N) is 1. The smallest absolute Gasteiger partial charge is 0.251 e. The van der Waals surface area contributed by atoms with Gasteiger partial charge in [0.2, 0.25) is 0 Å². The summed E-state index contributed by atoms with van der Waals surface area (Å²) in [7, 11) is 1.60. The molecule has 0 saturated heterocycles. The van der Waals surface area contributed by atoms with Gasteiger partial charge in [0.25, 0.3) is 5.91 Å². The Morgan fingerprint density at radius 3 is 2.72 bits per heavy atom. The summed E-state index contributed by atoms with van der Waals surface area (Å²) in [6, 6.07) is 20.8. The summed E-state index contributed by atoms with van der Waals surface area (Å²) in [6.45, 7) is 6.33. The summed E-state index contributed by atoms with van der Waals surface area (Å²) >= 11 is 1.61. The van der Waals surface area contributed by atoms with Gasteiger partial charge in [0.1, 0.15) is 18.2 Å². The van der Waals surface area contributed by atoms with Crippen LogP contribution in [0.15, 0.2) is 72.1 Å². The summed E-state index contributed by atoms with van der Waals surface area (Å²) in [5.74, 6) is -0.123. The van der Waals surface area contributed by atoms with Crippen LogP contribution in [0, 0.1) is 5.82 Å². The summed E-state index contributed by atoms with van der Waals surface area (Å²) < 4.78 is 26.8. The lowest BCUT2D eigenvalue weighted by Crippen LogP contribution is -2.30. The predicted octanol–water partition coefficient (Wildman–Crippen LogP) is 7.25. The van der Waals surface area contributed by atoms with Gasteiger partial charge in [-0.1, -0.05) is 24.3 Å². The van der Waals surface area contributed by atoms with Crippen molar-refractivity contribution in [1.82, 2.24) is 15.6 Å². The quantitative estimate of drug-likeness (QED) is 0.176. The number of fused-ring (bicyclic) bond motifs is 2. The number of aromatic nitrogens is 1. The van der Waals surface area contributed by atoms with E-state index in [0.717, 1.165) is 57.5 Å². The molecule has 1 aliphatic rings. The molecule has 0 atom stereocenters. The number of rotatable bonds is 9. The minimum absolute atomic E-state index is 0.00384. The Hall–Kier alpha value is -4.11. The fraction of sp³-hybridized carbons (Fsp3) is 0.257. The number of methoxy groups -OCH3 is 1. The predicted molar refractivity (Wildman–Crippen MR) is 171 cm³/mol. The van der Waals surface area contributed by atoms with Crippen molar-refractivity contribution in [1.29, 1.82) is 0 Å². The van der Waals surface area contributed by atoms with Gasteiger partial charge >= 0.3 is 0 Å². The number of nitrogens with one attached hydrogen (secondary N) is 2. The standard InChI is InChI=1S/C35H34FN3O3S/c1-21(2)38-35(40)25-6-4-5-23(18-25)33-31(28-10-9-27(36)19-30(28)42-15-14-41-3)34-29(12-16-43-34)32(39-33)24-7-8-26-20-37-13-11-22(26)17-24/h4-10,12,16-19,21,37H,11,13-15,20H2,1-3H3,(H,38,40). The van der Waals surface area contributed by atoms with Crippen LogP contribution in [0.3, 0.4) is 0 Å². The van der Waals surface area contributed by atoms with Crippen LogP contribution in [0.5, 0.6) is 5.75 Å². The van der Waals surface area contributed by atoms with E-state index < -0.39 is 0 Å². The first-order valence-electron chi connectivity index (χ1n) is 14.5. The summed E-state index contributed by atoms with van der Waals surface area (Å²) in [6.07, 6.45) is 0.964. The number of hydrogen-bond acceptors (Lipinski definition) is 6. The molecule has 0 unspecified atom stereocenters. The second-order valence-electron chi connectivity index (χ2n) is 10.9. The number of hydrogen-bond donors (Lipinski definition) is 2. The number of carbonyl (C=O) groups is 1. The van der Waals surface area contributed by atoms with Crippen molar-refractivity contribution in [2.24, 2.45) is 0 Å². The van der Waals surface area contributed by atoms with Crippen LogP contribution in [-0.4, -0.2) is 43.8 Å². The number of carbonyl (C=O) groups excluding carboxylic acids is 1. The molecular formula is C35H34FN3O3S. The maximum Gasteiger partial charge on any atom is 0.251 e. The third kappa shape index (κ3) is 6.04. The van der Waals surface area contributed by atoms with Crippen molar-refractivity contribution in [3.63, 3.8) is 0 Å². The largest absolute Gasteiger partial charge is 0.490 e. The monoisotopic (exact) mass is 595 g/mol. The third-order valence-electron chi connectivity index (χ3n) is 7.55. The Morgan fingerprint density at radius 2 is 1.88 bits per heavy atom. The van der Waals surface area contributed by atoms with Crippen LogP contribution >= 0.6 is 11.3 Å². The Balaban J connectivity index is 1.60. The van der Waals surface area contributed by atoms with E-state index in [1.165, 1.54) is 23.3 Å². The molecule has 3 aromatic carbocycles. The molecule has 8 heteroatoms. The lowest BCUT2D eigenvalue weighted by atomic mass is 9.92. The van der Waals surface area contributed by atoms with E-state index in [-0.39, 0.29) is 24.4 Å². The lowest BCUT2D eigenvalue weighted by molar-refractivity contribution is 0.0943. The fourth-order valence-corrected chi connectivity index (χ4v) is 6.49. The highest BCUT2D eigenvalue weighted by molar-refractivity contribution is 7.18. The molecule has 6 nitrogen and oxygen atoms in total. The third-order valence-corrected chi connectivity index (χ3v) is 8.48. The molecule has 0 saturated carbocycles. The van der Waals surface area contributed by atoms with Crippen molar-refractivity contribution in [2.45, 2.75) is 32.9 Å². The first-order chi connectivity index (χ1) is 20.9. The Morgan fingerprint density at radius 1 is 1.02 bits per heavy atom. The Kier molecular flexibility index (Phi) is 8.51. The zero-order valence-corrected chi connectivity index (χ0v) is 25.3. The molecule has 2 N–H and O–H groups in total. The molecule has 5 aromatic rings. The molecule has 1 amide bonds. The molecule has 0 bridgehead atoms. The van der Waals surface area contributed by atoms with Crippen molar-refractivity contribution >= 4 is 27.3 Å². The van der Waals surface area contributed by atoms with E-state index in [0.29, 0.717) is 23.6 Å². The van der Waals surface area contributed by atoms with Gasteiger partial charge in [0, 0.05) is 63.7 Å². The van der Waals surface area contributed by atoms with E-state index >= 15 is 0 Å². The Labute approximate surface area is 254 Å². The van der Waals surface area contributed by atoms with Crippen molar-refractivity contribution in [3.8, 4) is 39.4 Å². The molecule has 1 aliphatic heterocycles. The number of pyridine rings is 1. The minimum atomic E-state index is -0.388. The van der Waals surface area contributed by atoms with Crippen LogP contribution in [-0.2, 0) is 17.7 Å². The van der Waals surface area contributed by atoms with E-state index in [1.807, 2.05) is 32.0 Å². The summed E-state index contributed by atoms with van der Waals surface area (Å²) in [5.41, 5.74) is 8.15. The molecule has 43 heavy (non-hydrogen) atoms. The SMILES string of the molecule is COCCOc1cc(F)ccc1-c1c(-c2cccc(C(=O)NC(C)C)c2)nc(-c2ccc3c(c2)CCNC3)c2ccsc12. The highest BCUT2D eigenvalue weighted by Crippen LogP contribution is 2.46. The molecule has 0 spiro atoms. The van der Waals surface area contributed by atoms with Crippen LogP contribution in [0.25, 0.3) is 43.7 Å². The van der Waals surface area contributed by atoms with Crippen LogP contribution in [0.2, 0.25) is 0 Å². The average molecular weight is 596 g/mol. The van der Waals surface area contributed by atoms with Crippen molar-refractivity contribution < 1.29 is 18.7 Å². The molecule has 0 fully saturated rings. The van der Waals surface area contributed by atoms with Gasteiger partial charge in [0.15, 0.2) is 0 Å². The van der Waals surface area contributed by atoms with Gasteiger partial charge in [0.05, 0.1) is 18.0 Å². The van der Waals surface area contributed by atoms with Gasteiger partial charge in [-0.05, 0) is 79.7 Å². The lowest BCUT2D eigenvalue weighted by Gasteiger charge is -2.20. The van der Waals surface area contributed by atoms with Gasteiger partial charge in [-0.2, -0.15) is 0 Å². The van der Waals surface area contributed by atoms with Gasteiger partial charge in [-0.3, -0.25) is 4.79 Å². The van der Waals surface area contributed by atoms with Gasteiger partial charge in [-0.25, -0.2) is 9.37 Å². The average Bonchev–Trinajstić information content (AvgIpc) is 3.50. The molecule has 3 heterocycles. The van der Waals surface area contributed by atoms with Gasteiger partial charge < -0.3 is 20.1 Å². The zero-order valence-electron chi connectivity index (χ0n) is 24.5. The second-order valence-corrected chi connectivity index (χ2v) is 11.9. The van der Waals surface area contributed by atoms with Crippen LogP contribution in [0.4, 0.5) is 4.39 Å². The highest BCUT2D eigenvalue weighted by atomic mass is 32.1. The van der Waals surface area contributed by atoms with Crippen LogP contribution in [0.1, 0.15) is 35.3 Å². The van der Waals surface area contributed by atoms with E-state index in [9.17, 15) is 9.18 Å². The molecule has 220 valence electrons. The minimum Gasteiger partial charge on any atom is -0.490 e. The van der Waals surface area contributed by atoms with Crippen LogP contribution < -0.4 is 15.4 Å². The Bertz CT molecular complexity index is 1800. The fourth-order valence-electron chi connectivity index (χ4n) is 5.54. The van der Waals surface area contributed by atoms with E-state index in [4.69, 9.17) is 14.5 Å². The molecule has 2 aromatic heterocycles. The summed E-state index contributed by atoms with van der Waals surface area (Å²) in [4.78, 5) is 18.4. The topological polar surface area (TPSA) is 72.5 Å². The number of thiophene rings is 1. The summed E-state index contributed by atoms with van der Waals surface area (Å²) in [5, 5.41) is 9.50. The highest BCUT2D eigenvalue weighted by Gasteiger charge is 2.23. The van der Waals surface area contributed by atoms with Crippen molar-refractivity contribution in [2.75, 3.05) is 26.9 Å². The second kappa shape index (κ2) is 12.6. The molecular weight excluding hydrogens is 561 g/mol. The van der Waals surface area contributed by atoms with Gasteiger partial charge in [-0.15, -0.1) is 11.3 Å². The number of ether oxygens (including phenoxy) is 2. The number of benzene rings is 3. The molecule has 0 aliphatic carbocycles. The van der Waals surface area contributed by atoms with E-state index in [2.05, 4.69) is 40.3 Å². The molecule has 6 rings (SSSR count). The zero-order chi connectivity index (χ0) is 29.9. The first kappa shape index (κ1) is 29.0. The maximum atomic E-state index is 14.5. The molecule has 0 radical (unpaired) electrons. The van der Waals surface area contributed by atoms with Crippen molar-refractivity contribution in [3.05, 3.63) is 94.6 Å².